The van der Waals surface area contributed by atoms with Crippen molar-refractivity contribution >= 4 is 0 Å². The van der Waals surface area contributed by atoms with Crippen LogP contribution in [-0.2, 0) is 4.74 Å². The smallest absolute Gasteiger partial charge is 0.0637 e. The molecule has 0 amide bonds. The molecule has 0 bridgehead atoms. The maximum Gasteiger partial charge on any atom is 0.0637 e. The van der Waals surface area contributed by atoms with Gasteiger partial charge >= 0.3 is 0 Å². The highest BCUT2D eigenvalue weighted by Crippen LogP contribution is 2.25. The summed E-state index contributed by atoms with van der Waals surface area (Å²) in [4.78, 5) is 5.30. The zero-order chi connectivity index (χ0) is 14.8. The minimum Gasteiger partial charge on any atom is -0.379 e. The molecule has 0 aromatic rings. The van der Waals surface area contributed by atoms with Gasteiger partial charge in [0.25, 0.3) is 0 Å². The van der Waals surface area contributed by atoms with Crippen LogP contribution < -0.4 is 5.73 Å². The van der Waals surface area contributed by atoms with Crippen molar-refractivity contribution < 1.29 is 4.74 Å². The highest BCUT2D eigenvalue weighted by molar-refractivity contribution is 4.90. The number of nitrogens with two attached hydrogens (primary N) is 1. The fourth-order valence-corrected chi connectivity index (χ4v) is 3.67. The zero-order valence-corrected chi connectivity index (χ0v) is 13.8. The molecule has 2 heterocycles. The van der Waals surface area contributed by atoms with Crippen LogP contribution in [0.5, 0.6) is 0 Å². The van der Waals surface area contributed by atoms with E-state index < -0.39 is 0 Å². The van der Waals surface area contributed by atoms with Gasteiger partial charge in [0, 0.05) is 38.3 Å². The molecule has 2 fully saturated rings. The lowest BCUT2D eigenvalue weighted by molar-refractivity contribution is -0.00431. The molecule has 20 heavy (non-hydrogen) atoms. The summed E-state index contributed by atoms with van der Waals surface area (Å²) in [6, 6.07) is 1.78. The monoisotopic (exact) mass is 283 g/mol. The number of nitrogens with zero attached hydrogens (tertiary/aromatic N) is 2. The average Bonchev–Trinajstić information content (AvgIpc) is 2.89. The second kappa shape index (κ2) is 6.73. The third-order valence-electron chi connectivity index (χ3n) is 5.25. The maximum atomic E-state index is 6.00. The van der Waals surface area contributed by atoms with Crippen LogP contribution in [0, 0.1) is 0 Å². The average molecular weight is 283 g/mol. The van der Waals surface area contributed by atoms with Crippen LogP contribution >= 0.6 is 0 Å². The van der Waals surface area contributed by atoms with Gasteiger partial charge in [0.2, 0.25) is 0 Å². The summed E-state index contributed by atoms with van der Waals surface area (Å²) in [5.74, 6) is 0. The third-order valence-corrected chi connectivity index (χ3v) is 5.25. The van der Waals surface area contributed by atoms with Crippen LogP contribution in [0.1, 0.15) is 46.5 Å². The molecule has 2 atom stereocenters. The molecule has 2 rings (SSSR count). The SMILES string of the molecule is COC(C)(C)CC(C)N1CCC(N2CCC(N)CC2)C1. The minimum absolute atomic E-state index is 0.0185. The van der Waals surface area contributed by atoms with Crippen LogP contribution in [0.15, 0.2) is 0 Å². The summed E-state index contributed by atoms with van der Waals surface area (Å²) < 4.78 is 5.57. The van der Waals surface area contributed by atoms with Crippen molar-refractivity contribution in [2.24, 2.45) is 5.73 Å². The molecule has 118 valence electrons. The van der Waals surface area contributed by atoms with Crippen LogP contribution in [0.2, 0.25) is 0 Å². The first-order valence-electron chi connectivity index (χ1n) is 8.20. The van der Waals surface area contributed by atoms with Gasteiger partial charge < -0.3 is 10.5 Å². The third kappa shape index (κ3) is 4.17. The molecule has 0 radical (unpaired) electrons. The summed E-state index contributed by atoms with van der Waals surface area (Å²) in [5, 5.41) is 0. The molecule has 0 aliphatic carbocycles. The number of hydrogen-bond acceptors (Lipinski definition) is 4. The predicted molar refractivity (Wildman–Crippen MR) is 83.9 cm³/mol. The Morgan fingerprint density at radius 3 is 2.45 bits per heavy atom. The van der Waals surface area contributed by atoms with E-state index in [1.54, 1.807) is 0 Å². The molecular formula is C16H33N3O. The van der Waals surface area contributed by atoms with Gasteiger partial charge in [0.15, 0.2) is 0 Å². The summed E-state index contributed by atoms with van der Waals surface area (Å²) in [5.41, 5.74) is 5.99. The number of methoxy groups -OCH3 is 1. The van der Waals surface area contributed by atoms with Crippen LogP contribution in [0.3, 0.4) is 0 Å². The Labute approximate surface area is 124 Å². The first-order valence-corrected chi connectivity index (χ1v) is 8.20. The Hall–Kier alpha value is -0.160. The summed E-state index contributed by atoms with van der Waals surface area (Å²) in [6.07, 6.45) is 4.75. The molecule has 0 aromatic carbocycles. The van der Waals surface area contributed by atoms with Crippen LogP contribution in [0.25, 0.3) is 0 Å². The van der Waals surface area contributed by atoms with Crippen LogP contribution in [-0.4, -0.2) is 66.8 Å². The minimum atomic E-state index is -0.0185. The van der Waals surface area contributed by atoms with Gasteiger partial charge in [-0.2, -0.15) is 0 Å². The van der Waals surface area contributed by atoms with Gasteiger partial charge in [0.1, 0.15) is 0 Å². The van der Waals surface area contributed by atoms with E-state index in [4.69, 9.17) is 10.5 Å². The van der Waals surface area contributed by atoms with E-state index in [9.17, 15) is 0 Å². The van der Waals surface area contributed by atoms with Crippen LogP contribution in [0.4, 0.5) is 0 Å². The van der Waals surface area contributed by atoms with Crippen molar-refractivity contribution in [2.45, 2.75) is 70.2 Å². The standard InChI is InChI=1S/C16H33N3O/c1-13(11-16(2,3)20-4)19-10-7-15(12-19)18-8-5-14(17)6-9-18/h13-15H,5-12,17H2,1-4H3. The molecule has 2 aliphatic rings. The number of piperidine rings is 1. The molecule has 0 spiro atoms. The quantitative estimate of drug-likeness (QED) is 0.834. The lowest BCUT2D eigenvalue weighted by Crippen LogP contribution is -2.47. The fraction of sp³-hybridized carbons (Fsp3) is 1.00. The molecule has 0 saturated carbocycles. The van der Waals surface area contributed by atoms with Crippen molar-refractivity contribution in [2.75, 3.05) is 33.3 Å². The van der Waals surface area contributed by atoms with Crippen molar-refractivity contribution in [3.8, 4) is 0 Å². The first kappa shape index (κ1) is 16.2. The van der Waals surface area contributed by atoms with Gasteiger partial charge in [0.05, 0.1) is 5.60 Å². The largest absolute Gasteiger partial charge is 0.379 e. The van der Waals surface area contributed by atoms with E-state index in [0.29, 0.717) is 12.1 Å². The summed E-state index contributed by atoms with van der Waals surface area (Å²) in [6.45, 7) is 11.5. The lowest BCUT2D eigenvalue weighted by atomic mass is 9.99. The normalized spacial score (nSPS) is 28.9. The summed E-state index contributed by atoms with van der Waals surface area (Å²) >= 11 is 0. The highest BCUT2D eigenvalue weighted by Gasteiger charge is 2.33. The number of ether oxygens (including phenoxy) is 1. The van der Waals surface area contributed by atoms with E-state index in [-0.39, 0.29) is 5.60 Å². The Morgan fingerprint density at radius 2 is 1.85 bits per heavy atom. The van der Waals surface area contributed by atoms with Crippen molar-refractivity contribution in [3.05, 3.63) is 0 Å². The first-order chi connectivity index (χ1) is 9.41. The van der Waals surface area contributed by atoms with Gasteiger partial charge in [-0.3, -0.25) is 9.80 Å². The number of likely N-dealkylation sites (tertiary alicyclic amines) is 2. The van der Waals surface area contributed by atoms with Gasteiger partial charge in [-0.15, -0.1) is 0 Å². The second-order valence-corrected chi connectivity index (χ2v) is 7.33. The summed E-state index contributed by atoms with van der Waals surface area (Å²) in [7, 11) is 1.82. The zero-order valence-electron chi connectivity index (χ0n) is 13.8. The highest BCUT2D eigenvalue weighted by atomic mass is 16.5. The van der Waals surface area contributed by atoms with E-state index in [1.165, 1.54) is 45.4 Å². The van der Waals surface area contributed by atoms with Crippen molar-refractivity contribution in [1.29, 1.82) is 0 Å². The Kier molecular flexibility index (Phi) is 5.46. The van der Waals surface area contributed by atoms with E-state index in [0.717, 1.165) is 12.5 Å². The van der Waals surface area contributed by atoms with Gasteiger partial charge in [-0.05, 0) is 59.5 Å². The van der Waals surface area contributed by atoms with Crippen molar-refractivity contribution in [1.82, 2.24) is 9.80 Å². The van der Waals surface area contributed by atoms with E-state index >= 15 is 0 Å². The predicted octanol–water partition coefficient (Wildman–Crippen LogP) is 1.69. The lowest BCUT2D eigenvalue weighted by Gasteiger charge is -2.36. The maximum absolute atomic E-state index is 6.00. The Morgan fingerprint density at radius 1 is 1.20 bits per heavy atom. The molecule has 2 N–H and O–H groups in total. The Balaban J connectivity index is 1.80. The Bertz CT molecular complexity index is 300. The number of rotatable bonds is 5. The molecule has 4 heteroatoms. The molecule has 4 nitrogen and oxygen atoms in total. The fourth-order valence-electron chi connectivity index (χ4n) is 3.67. The molecular weight excluding hydrogens is 250 g/mol. The molecule has 2 saturated heterocycles. The second-order valence-electron chi connectivity index (χ2n) is 7.33. The molecule has 2 aliphatic heterocycles. The van der Waals surface area contributed by atoms with Gasteiger partial charge in [-0.1, -0.05) is 0 Å². The number of hydrogen-bond donors (Lipinski definition) is 1. The van der Waals surface area contributed by atoms with Gasteiger partial charge in [-0.25, -0.2) is 0 Å². The molecule has 2 unspecified atom stereocenters. The van der Waals surface area contributed by atoms with E-state index in [1.807, 2.05) is 7.11 Å². The molecule has 0 aromatic heterocycles. The van der Waals surface area contributed by atoms with E-state index in [2.05, 4.69) is 30.6 Å². The topological polar surface area (TPSA) is 41.7 Å². The van der Waals surface area contributed by atoms with Crippen molar-refractivity contribution in [3.63, 3.8) is 0 Å².